The van der Waals surface area contributed by atoms with Gasteiger partial charge in [0.25, 0.3) is 0 Å². The molecule has 5 nitrogen and oxygen atoms in total. The van der Waals surface area contributed by atoms with Crippen LogP contribution in [0.4, 0.5) is 0 Å². The van der Waals surface area contributed by atoms with Crippen LogP contribution >= 0.6 is 11.3 Å². The normalized spacial score (nSPS) is 18.6. The second-order valence-corrected chi connectivity index (χ2v) is 9.59. The maximum absolute atomic E-state index is 11.4. The molecule has 1 aromatic carbocycles. The third-order valence-electron chi connectivity index (χ3n) is 6.50. The van der Waals surface area contributed by atoms with Crippen LogP contribution < -0.4 is 9.84 Å². The number of hydrogen-bond acceptors (Lipinski definition) is 6. The fourth-order valence-electron chi connectivity index (χ4n) is 4.80. The Morgan fingerprint density at radius 1 is 1.30 bits per heavy atom. The third-order valence-corrected chi connectivity index (χ3v) is 7.29. The zero-order valence-electron chi connectivity index (χ0n) is 19.0. The van der Waals surface area contributed by atoms with Crippen molar-refractivity contribution < 1.29 is 14.6 Å². The SMILES string of the molecule is COc1ccc2nccc(CCC[C@@H]3CCN(CC#Cc4cccs4)C[C@@H]3CC(=O)[O-])c2c1. The Hall–Kier alpha value is -2.88. The monoisotopic (exact) mass is 461 g/mol. The Balaban J connectivity index is 1.35. The molecule has 3 heterocycles. The van der Waals surface area contributed by atoms with E-state index in [1.54, 1.807) is 18.4 Å². The van der Waals surface area contributed by atoms with Crippen molar-refractivity contribution in [1.82, 2.24) is 9.88 Å². The molecule has 0 radical (unpaired) electrons. The Bertz CT molecular complexity index is 1130. The minimum absolute atomic E-state index is 0.113. The van der Waals surface area contributed by atoms with Gasteiger partial charge in [0.15, 0.2) is 0 Å². The molecule has 3 aromatic rings. The molecular formula is C27H29N2O3S-. The van der Waals surface area contributed by atoms with Gasteiger partial charge in [-0.1, -0.05) is 17.9 Å². The molecule has 6 heteroatoms. The standard InChI is InChI=1S/C27H30N2O3S/c1-32-23-9-10-26-25(18-23)21(11-13-28-26)6-2-5-20-12-15-29(19-22(20)17-27(30)31)14-3-7-24-8-4-16-33-24/h4,8-11,13,16,18,20,22H,2,5-6,12,14-15,17,19H2,1H3,(H,30,31)/p-1/t20-,22+/m1/s1. The predicted octanol–water partition coefficient (Wildman–Crippen LogP) is 3.76. The van der Waals surface area contributed by atoms with Crippen molar-refractivity contribution in [3.63, 3.8) is 0 Å². The molecule has 0 amide bonds. The van der Waals surface area contributed by atoms with Gasteiger partial charge in [0.05, 0.1) is 24.0 Å². The van der Waals surface area contributed by atoms with E-state index < -0.39 is 5.97 Å². The summed E-state index contributed by atoms with van der Waals surface area (Å²) in [7, 11) is 1.68. The second-order valence-electron chi connectivity index (χ2n) is 8.64. The van der Waals surface area contributed by atoms with E-state index in [4.69, 9.17) is 4.74 Å². The van der Waals surface area contributed by atoms with E-state index >= 15 is 0 Å². The number of rotatable bonds is 8. The Kier molecular flexibility index (Phi) is 7.98. The number of aryl methyl sites for hydroxylation is 1. The summed E-state index contributed by atoms with van der Waals surface area (Å²) in [6, 6.07) is 12.1. The van der Waals surface area contributed by atoms with Crippen LogP contribution in [0.3, 0.4) is 0 Å². The lowest BCUT2D eigenvalue weighted by atomic mass is 9.80. The van der Waals surface area contributed by atoms with Crippen molar-refractivity contribution in [2.45, 2.75) is 32.1 Å². The molecule has 1 aliphatic heterocycles. The molecule has 1 fully saturated rings. The maximum atomic E-state index is 11.4. The lowest BCUT2D eigenvalue weighted by molar-refractivity contribution is -0.307. The number of hydrogen-bond donors (Lipinski definition) is 0. The number of piperidine rings is 1. The second kappa shape index (κ2) is 11.3. The van der Waals surface area contributed by atoms with Gasteiger partial charge in [-0.3, -0.25) is 9.88 Å². The van der Waals surface area contributed by atoms with Gasteiger partial charge in [-0.15, -0.1) is 11.3 Å². The van der Waals surface area contributed by atoms with Crippen molar-refractivity contribution in [3.05, 3.63) is 58.4 Å². The van der Waals surface area contributed by atoms with E-state index in [0.29, 0.717) is 12.5 Å². The van der Waals surface area contributed by atoms with Crippen LogP contribution in [-0.2, 0) is 11.2 Å². The van der Waals surface area contributed by atoms with E-state index in [1.165, 1.54) is 5.56 Å². The summed E-state index contributed by atoms with van der Waals surface area (Å²) in [4.78, 5) is 19.2. The van der Waals surface area contributed by atoms with Gasteiger partial charge in [-0.05, 0) is 91.8 Å². The summed E-state index contributed by atoms with van der Waals surface area (Å²) in [6.07, 6.45) is 5.96. The van der Waals surface area contributed by atoms with Crippen molar-refractivity contribution in [1.29, 1.82) is 0 Å². The molecule has 2 atom stereocenters. The summed E-state index contributed by atoms with van der Waals surface area (Å²) in [5.41, 5.74) is 2.23. The number of methoxy groups -OCH3 is 1. The van der Waals surface area contributed by atoms with Crippen LogP contribution in [0, 0.1) is 23.7 Å². The van der Waals surface area contributed by atoms with Crippen molar-refractivity contribution in [2.75, 3.05) is 26.7 Å². The molecular weight excluding hydrogens is 432 g/mol. The number of carbonyl (C=O) groups excluding carboxylic acids is 1. The Morgan fingerprint density at radius 2 is 2.21 bits per heavy atom. The fraction of sp³-hybridized carbons (Fsp3) is 0.407. The van der Waals surface area contributed by atoms with Crippen LogP contribution in [0.2, 0.25) is 0 Å². The van der Waals surface area contributed by atoms with Gasteiger partial charge in [0, 0.05) is 24.1 Å². The van der Waals surface area contributed by atoms with Gasteiger partial charge >= 0.3 is 0 Å². The number of carboxylic acids is 1. The van der Waals surface area contributed by atoms with Gasteiger partial charge in [-0.25, -0.2) is 0 Å². The molecule has 4 rings (SSSR count). The number of aromatic nitrogens is 1. The first-order valence-corrected chi connectivity index (χ1v) is 12.4. The van der Waals surface area contributed by atoms with E-state index in [-0.39, 0.29) is 12.3 Å². The first kappa shape index (κ1) is 23.3. The molecule has 0 unspecified atom stereocenters. The summed E-state index contributed by atoms with van der Waals surface area (Å²) in [6.45, 7) is 2.41. The van der Waals surface area contributed by atoms with Crippen LogP contribution in [0.1, 0.15) is 36.1 Å². The zero-order chi connectivity index (χ0) is 23.0. The van der Waals surface area contributed by atoms with Gasteiger partial charge in [-0.2, -0.15) is 0 Å². The van der Waals surface area contributed by atoms with Crippen LogP contribution in [-0.4, -0.2) is 42.6 Å². The minimum Gasteiger partial charge on any atom is -0.550 e. The van der Waals surface area contributed by atoms with E-state index in [0.717, 1.165) is 60.3 Å². The summed E-state index contributed by atoms with van der Waals surface area (Å²) >= 11 is 1.64. The fourth-order valence-corrected chi connectivity index (χ4v) is 5.39. The first-order valence-electron chi connectivity index (χ1n) is 11.5. The number of nitrogens with zero attached hydrogens (tertiary/aromatic N) is 2. The van der Waals surface area contributed by atoms with Gasteiger partial charge < -0.3 is 14.6 Å². The molecule has 0 spiro atoms. The van der Waals surface area contributed by atoms with E-state index in [9.17, 15) is 9.90 Å². The number of fused-ring (bicyclic) bond motifs is 1. The number of carbonyl (C=O) groups is 1. The largest absolute Gasteiger partial charge is 0.550 e. The number of pyridine rings is 1. The molecule has 0 N–H and O–H groups in total. The quantitative estimate of drug-likeness (QED) is 0.478. The lowest BCUT2D eigenvalue weighted by Crippen LogP contribution is -2.43. The summed E-state index contributed by atoms with van der Waals surface area (Å²) in [5.74, 6) is 6.83. The van der Waals surface area contributed by atoms with Crippen molar-refractivity contribution >= 4 is 28.2 Å². The number of likely N-dealkylation sites (tertiary alicyclic amines) is 1. The highest BCUT2D eigenvalue weighted by atomic mass is 32.1. The molecule has 0 bridgehead atoms. The summed E-state index contributed by atoms with van der Waals surface area (Å²) < 4.78 is 5.38. The van der Waals surface area contributed by atoms with Crippen LogP contribution in [0.5, 0.6) is 5.75 Å². The third kappa shape index (κ3) is 6.34. The smallest absolute Gasteiger partial charge is 0.119 e. The number of carboxylic acid groups (broad SMARTS) is 1. The Labute approximate surface area is 199 Å². The Morgan fingerprint density at radius 3 is 3.00 bits per heavy atom. The molecule has 172 valence electrons. The average molecular weight is 462 g/mol. The molecule has 2 aromatic heterocycles. The van der Waals surface area contributed by atoms with E-state index in [2.05, 4.69) is 27.8 Å². The lowest BCUT2D eigenvalue weighted by Gasteiger charge is -2.38. The minimum atomic E-state index is -0.955. The average Bonchev–Trinajstić information content (AvgIpc) is 3.33. The maximum Gasteiger partial charge on any atom is 0.119 e. The van der Waals surface area contributed by atoms with Crippen LogP contribution in [0.15, 0.2) is 48.0 Å². The van der Waals surface area contributed by atoms with E-state index in [1.807, 2.05) is 41.9 Å². The number of ether oxygens (including phenoxy) is 1. The highest BCUT2D eigenvalue weighted by Crippen LogP contribution is 2.31. The van der Waals surface area contributed by atoms with Gasteiger partial charge in [0.2, 0.25) is 0 Å². The zero-order valence-corrected chi connectivity index (χ0v) is 19.8. The summed E-state index contributed by atoms with van der Waals surface area (Å²) in [5, 5.41) is 14.6. The molecule has 1 aliphatic rings. The molecule has 0 saturated carbocycles. The molecule has 33 heavy (non-hydrogen) atoms. The number of benzene rings is 1. The highest BCUT2D eigenvalue weighted by Gasteiger charge is 2.28. The number of aliphatic carboxylic acids is 1. The predicted molar refractivity (Wildman–Crippen MR) is 130 cm³/mol. The van der Waals surface area contributed by atoms with Crippen molar-refractivity contribution in [2.24, 2.45) is 11.8 Å². The first-order chi connectivity index (χ1) is 16.1. The molecule has 1 saturated heterocycles. The molecule has 0 aliphatic carbocycles. The number of thiophene rings is 1. The van der Waals surface area contributed by atoms with Crippen LogP contribution in [0.25, 0.3) is 10.9 Å². The van der Waals surface area contributed by atoms with Crippen molar-refractivity contribution in [3.8, 4) is 17.6 Å². The van der Waals surface area contributed by atoms with Gasteiger partial charge in [0.1, 0.15) is 5.75 Å². The highest BCUT2D eigenvalue weighted by molar-refractivity contribution is 7.10. The topological polar surface area (TPSA) is 65.5 Å².